The zero-order valence-corrected chi connectivity index (χ0v) is 16.9. The first-order chi connectivity index (χ1) is 14.1. The van der Waals surface area contributed by atoms with Crippen molar-refractivity contribution in [3.05, 3.63) is 81.2 Å². The molecule has 0 radical (unpaired) electrons. The Bertz CT molecular complexity index is 1270. The van der Waals surface area contributed by atoms with E-state index in [1.807, 2.05) is 16.7 Å². The summed E-state index contributed by atoms with van der Waals surface area (Å²) in [6.07, 6.45) is 3.10. The quantitative estimate of drug-likeness (QED) is 0.442. The Morgan fingerprint density at radius 1 is 1.03 bits per heavy atom. The van der Waals surface area contributed by atoms with E-state index in [1.54, 1.807) is 18.3 Å². The molecule has 0 N–H and O–H groups in total. The Labute approximate surface area is 177 Å². The van der Waals surface area contributed by atoms with Gasteiger partial charge in [0.1, 0.15) is 17.9 Å². The van der Waals surface area contributed by atoms with Crippen molar-refractivity contribution in [2.45, 2.75) is 6.54 Å². The summed E-state index contributed by atoms with van der Waals surface area (Å²) in [7, 11) is 0. The highest BCUT2D eigenvalue weighted by molar-refractivity contribution is 9.10. The highest BCUT2D eigenvalue weighted by Crippen LogP contribution is 2.36. The zero-order chi connectivity index (χ0) is 20.0. The van der Waals surface area contributed by atoms with E-state index in [1.165, 1.54) is 18.3 Å². The van der Waals surface area contributed by atoms with Gasteiger partial charge in [-0.25, -0.2) is 4.39 Å². The van der Waals surface area contributed by atoms with Crippen LogP contribution in [0.5, 0.6) is 0 Å². The highest BCUT2D eigenvalue weighted by Gasteiger charge is 2.28. The van der Waals surface area contributed by atoms with Crippen LogP contribution in [0.3, 0.4) is 0 Å². The minimum atomic E-state index is -0.486. The van der Waals surface area contributed by atoms with Gasteiger partial charge in [-0.1, -0.05) is 11.6 Å². The van der Waals surface area contributed by atoms with Crippen LogP contribution in [0, 0.1) is 5.82 Å². The number of rotatable bonds is 2. The third kappa shape index (κ3) is 2.93. The average Bonchev–Trinajstić information content (AvgIpc) is 3.09. The molecule has 142 valence electrons. The highest BCUT2D eigenvalue weighted by atomic mass is 79.9. The molecule has 5 rings (SSSR count). The molecule has 0 amide bonds. The Balaban J connectivity index is 1.82. The molecule has 0 aliphatic carbocycles. The molecule has 1 aromatic carbocycles. The summed E-state index contributed by atoms with van der Waals surface area (Å²) in [5.74, 6) is 0.572. The SMILES string of the molecule is Fc1cccnc1C1=NCc2nnc(-c3cccnn3)n2-c2ccc(Br)c(Cl)c21. The standard InChI is InChI=1S/C19H10BrClFN7/c20-10-5-6-13-15(16(10)21)18(17-11(22)3-1-7-23-17)24-9-14-27-28-19(29(13)14)12-4-2-8-25-26-12/h1-8H,9H2. The number of nitrogens with zero attached hydrogens (tertiary/aromatic N) is 7. The first-order valence-corrected chi connectivity index (χ1v) is 9.68. The van der Waals surface area contributed by atoms with E-state index in [9.17, 15) is 4.39 Å². The third-order valence-electron chi connectivity index (χ3n) is 4.44. The number of pyridine rings is 1. The van der Waals surface area contributed by atoms with Crippen LogP contribution >= 0.6 is 27.5 Å². The Morgan fingerprint density at radius 3 is 2.69 bits per heavy atom. The van der Waals surface area contributed by atoms with Gasteiger partial charge in [0.05, 0.1) is 16.4 Å². The molecule has 1 aliphatic heterocycles. The Kier molecular flexibility index (Phi) is 4.40. The van der Waals surface area contributed by atoms with E-state index in [0.717, 1.165) is 0 Å². The third-order valence-corrected chi connectivity index (χ3v) is 5.73. The molecule has 0 atom stereocenters. The molecule has 0 spiro atoms. The van der Waals surface area contributed by atoms with Gasteiger partial charge in [-0.15, -0.1) is 15.3 Å². The van der Waals surface area contributed by atoms with Gasteiger partial charge >= 0.3 is 0 Å². The molecular weight excluding hydrogens is 461 g/mol. The first kappa shape index (κ1) is 18.0. The Hall–Kier alpha value is -3.04. The summed E-state index contributed by atoms with van der Waals surface area (Å²) in [5, 5.41) is 17.0. The van der Waals surface area contributed by atoms with Crippen LogP contribution in [0.25, 0.3) is 17.2 Å². The van der Waals surface area contributed by atoms with Crippen molar-refractivity contribution in [3.63, 3.8) is 0 Å². The first-order valence-electron chi connectivity index (χ1n) is 8.51. The predicted octanol–water partition coefficient (Wildman–Crippen LogP) is 4.03. The van der Waals surface area contributed by atoms with Gasteiger partial charge in [-0.2, -0.15) is 5.10 Å². The van der Waals surface area contributed by atoms with Crippen molar-refractivity contribution in [1.82, 2.24) is 29.9 Å². The zero-order valence-electron chi connectivity index (χ0n) is 14.6. The summed E-state index contributed by atoms with van der Waals surface area (Å²) >= 11 is 10.1. The molecule has 4 aromatic rings. The smallest absolute Gasteiger partial charge is 0.189 e. The lowest BCUT2D eigenvalue weighted by Crippen LogP contribution is -2.12. The lowest BCUT2D eigenvalue weighted by atomic mass is 10.0. The van der Waals surface area contributed by atoms with Crippen LogP contribution < -0.4 is 0 Å². The number of fused-ring (bicyclic) bond motifs is 3. The van der Waals surface area contributed by atoms with Crippen LogP contribution in [0.1, 0.15) is 17.1 Å². The number of halogens is 3. The molecule has 1 aliphatic rings. The van der Waals surface area contributed by atoms with Gasteiger partial charge in [0.15, 0.2) is 17.5 Å². The summed E-state index contributed by atoms with van der Waals surface area (Å²) < 4.78 is 17.0. The summed E-state index contributed by atoms with van der Waals surface area (Å²) in [4.78, 5) is 8.79. The lowest BCUT2D eigenvalue weighted by Gasteiger charge is -2.15. The monoisotopic (exact) mass is 469 g/mol. The van der Waals surface area contributed by atoms with Crippen LogP contribution in [0.4, 0.5) is 4.39 Å². The second-order valence-electron chi connectivity index (χ2n) is 6.14. The second kappa shape index (κ2) is 7.09. The molecule has 0 unspecified atom stereocenters. The van der Waals surface area contributed by atoms with Gasteiger partial charge in [-0.3, -0.25) is 14.5 Å². The summed E-state index contributed by atoms with van der Waals surface area (Å²) in [6.45, 7) is 0.168. The summed E-state index contributed by atoms with van der Waals surface area (Å²) in [5.41, 5.74) is 2.19. The van der Waals surface area contributed by atoms with Gasteiger partial charge < -0.3 is 0 Å². The maximum absolute atomic E-state index is 14.6. The van der Waals surface area contributed by atoms with E-state index in [0.29, 0.717) is 43.8 Å². The lowest BCUT2D eigenvalue weighted by molar-refractivity contribution is 0.618. The largest absolute Gasteiger partial charge is 0.275 e. The van der Waals surface area contributed by atoms with Crippen LogP contribution in [0.15, 0.2) is 58.3 Å². The van der Waals surface area contributed by atoms with Crippen molar-refractivity contribution in [2.75, 3.05) is 0 Å². The number of benzene rings is 1. The molecule has 0 fully saturated rings. The van der Waals surface area contributed by atoms with Crippen molar-refractivity contribution in [3.8, 4) is 17.2 Å². The fourth-order valence-corrected chi connectivity index (χ4v) is 3.77. The molecule has 0 saturated heterocycles. The van der Waals surface area contributed by atoms with Gasteiger partial charge in [0.2, 0.25) is 0 Å². The molecule has 0 saturated carbocycles. The maximum atomic E-state index is 14.6. The molecule has 4 heterocycles. The van der Waals surface area contributed by atoms with Gasteiger partial charge in [-0.05, 0) is 52.3 Å². The van der Waals surface area contributed by atoms with Crippen LogP contribution in [-0.2, 0) is 6.54 Å². The maximum Gasteiger partial charge on any atom is 0.189 e. The number of aliphatic imine (C=N–C) groups is 1. The molecule has 10 heteroatoms. The minimum absolute atomic E-state index is 0.119. The molecule has 7 nitrogen and oxygen atoms in total. The van der Waals surface area contributed by atoms with E-state index in [2.05, 4.69) is 46.3 Å². The van der Waals surface area contributed by atoms with E-state index >= 15 is 0 Å². The molecular formula is C19H10BrClFN7. The molecule has 29 heavy (non-hydrogen) atoms. The predicted molar refractivity (Wildman–Crippen MR) is 109 cm³/mol. The molecule has 0 bridgehead atoms. The number of hydrogen-bond acceptors (Lipinski definition) is 6. The van der Waals surface area contributed by atoms with E-state index in [-0.39, 0.29) is 12.2 Å². The number of hydrogen-bond donors (Lipinski definition) is 0. The van der Waals surface area contributed by atoms with Gasteiger partial charge in [0, 0.05) is 22.4 Å². The van der Waals surface area contributed by atoms with Crippen molar-refractivity contribution in [2.24, 2.45) is 4.99 Å². The van der Waals surface area contributed by atoms with Crippen LogP contribution in [-0.4, -0.2) is 35.7 Å². The van der Waals surface area contributed by atoms with E-state index < -0.39 is 5.82 Å². The normalized spacial score (nSPS) is 12.7. The van der Waals surface area contributed by atoms with Crippen molar-refractivity contribution < 1.29 is 4.39 Å². The fraction of sp³-hybridized carbons (Fsp3) is 0.0526. The topological polar surface area (TPSA) is 81.7 Å². The summed E-state index contributed by atoms with van der Waals surface area (Å²) in [6, 6.07) is 10.1. The minimum Gasteiger partial charge on any atom is -0.275 e. The second-order valence-corrected chi connectivity index (χ2v) is 7.37. The number of aromatic nitrogens is 6. The average molecular weight is 471 g/mol. The van der Waals surface area contributed by atoms with Crippen molar-refractivity contribution in [1.29, 1.82) is 0 Å². The fourth-order valence-electron chi connectivity index (χ4n) is 3.19. The van der Waals surface area contributed by atoms with Crippen LogP contribution in [0.2, 0.25) is 5.02 Å². The molecule has 3 aromatic heterocycles. The van der Waals surface area contributed by atoms with E-state index in [4.69, 9.17) is 11.6 Å². The Morgan fingerprint density at radius 2 is 1.90 bits per heavy atom. The van der Waals surface area contributed by atoms with Crippen molar-refractivity contribution >= 4 is 33.2 Å². The van der Waals surface area contributed by atoms with Gasteiger partial charge in [0.25, 0.3) is 0 Å².